The number of rotatable bonds is 4. The summed E-state index contributed by atoms with van der Waals surface area (Å²) in [5.41, 5.74) is 1.52. The largest absolute Gasteiger partial charge is 0.495 e. The van der Waals surface area contributed by atoms with E-state index >= 15 is 0 Å². The highest BCUT2D eigenvalue weighted by atomic mass is 16.5. The van der Waals surface area contributed by atoms with Crippen LogP contribution in [0.25, 0.3) is 0 Å². The first-order valence-corrected chi connectivity index (χ1v) is 6.90. The third kappa shape index (κ3) is 2.13. The van der Waals surface area contributed by atoms with Gasteiger partial charge in [-0.3, -0.25) is 0 Å². The first-order chi connectivity index (χ1) is 10.2. The highest BCUT2D eigenvalue weighted by Gasteiger charge is 2.45. The van der Waals surface area contributed by atoms with Gasteiger partial charge < -0.3 is 15.2 Å². The van der Waals surface area contributed by atoms with E-state index in [1.165, 1.54) is 0 Å². The molecule has 2 aromatic rings. The molecule has 0 aromatic heterocycles. The lowest BCUT2D eigenvalue weighted by molar-refractivity contribution is -0.142. The van der Waals surface area contributed by atoms with E-state index in [9.17, 15) is 9.90 Å². The van der Waals surface area contributed by atoms with E-state index in [1.807, 2.05) is 48.5 Å². The summed E-state index contributed by atoms with van der Waals surface area (Å²) < 4.78 is 5.31. The van der Waals surface area contributed by atoms with E-state index in [-0.39, 0.29) is 0 Å². The van der Waals surface area contributed by atoms with Crippen LogP contribution in [0.5, 0.6) is 5.75 Å². The van der Waals surface area contributed by atoms with Gasteiger partial charge in [-0.2, -0.15) is 0 Å². The lowest BCUT2D eigenvalue weighted by Crippen LogP contribution is -2.41. The minimum Gasteiger partial charge on any atom is -0.495 e. The summed E-state index contributed by atoms with van der Waals surface area (Å²) >= 11 is 0. The number of carboxylic acid groups (broad SMARTS) is 1. The van der Waals surface area contributed by atoms with Gasteiger partial charge in [-0.25, -0.2) is 4.79 Å². The number of hydrogen-bond donors (Lipinski definition) is 2. The topological polar surface area (TPSA) is 58.6 Å². The average molecular weight is 283 g/mol. The molecule has 1 aliphatic rings. The monoisotopic (exact) mass is 283 g/mol. The molecule has 1 unspecified atom stereocenters. The maximum atomic E-state index is 12.0. The summed E-state index contributed by atoms with van der Waals surface area (Å²) in [6.45, 7) is 0. The third-order valence-electron chi connectivity index (χ3n) is 4.07. The van der Waals surface area contributed by atoms with Crippen molar-refractivity contribution in [2.24, 2.45) is 0 Å². The molecule has 2 N–H and O–H groups in total. The summed E-state index contributed by atoms with van der Waals surface area (Å²) in [7, 11) is 1.58. The molecular formula is C17H17NO3. The Morgan fingerprint density at radius 1 is 1.19 bits per heavy atom. The molecule has 0 amide bonds. The second-order valence-electron chi connectivity index (χ2n) is 5.19. The molecule has 1 atom stereocenters. The summed E-state index contributed by atoms with van der Waals surface area (Å²) in [5.74, 6) is -0.221. The maximum absolute atomic E-state index is 12.0. The van der Waals surface area contributed by atoms with Gasteiger partial charge in [0.25, 0.3) is 0 Å². The number of benzene rings is 2. The first kappa shape index (κ1) is 13.5. The highest BCUT2D eigenvalue weighted by molar-refractivity contribution is 5.87. The molecule has 4 heteroatoms. The number of carbonyl (C=O) groups is 1. The highest BCUT2D eigenvalue weighted by Crippen LogP contribution is 2.41. The van der Waals surface area contributed by atoms with Crippen LogP contribution in [0.15, 0.2) is 48.5 Å². The van der Waals surface area contributed by atoms with Crippen LogP contribution >= 0.6 is 0 Å². The Balaban J connectivity index is 2.07. The van der Waals surface area contributed by atoms with Crippen LogP contribution in [0.2, 0.25) is 0 Å². The molecule has 0 radical (unpaired) electrons. The maximum Gasteiger partial charge on any atom is 0.334 e. The van der Waals surface area contributed by atoms with Crippen LogP contribution in [0.1, 0.15) is 17.5 Å². The van der Waals surface area contributed by atoms with Crippen LogP contribution in [-0.2, 0) is 16.8 Å². The SMILES string of the molecule is COc1ccccc1NC1(C(=O)O)CCc2ccccc21. The number of aliphatic carboxylic acids is 1. The molecule has 0 aliphatic heterocycles. The van der Waals surface area contributed by atoms with E-state index in [0.29, 0.717) is 17.9 Å². The van der Waals surface area contributed by atoms with Crippen molar-refractivity contribution in [2.45, 2.75) is 18.4 Å². The number of aryl methyl sites for hydroxylation is 1. The van der Waals surface area contributed by atoms with Crippen molar-refractivity contribution in [3.63, 3.8) is 0 Å². The zero-order chi connectivity index (χ0) is 14.9. The van der Waals surface area contributed by atoms with Crippen molar-refractivity contribution in [3.05, 3.63) is 59.7 Å². The molecule has 1 aliphatic carbocycles. The number of fused-ring (bicyclic) bond motifs is 1. The van der Waals surface area contributed by atoms with E-state index in [2.05, 4.69) is 5.32 Å². The zero-order valence-electron chi connectivity index (χ0n) is 11.8. The predicted octanol–water partition coefficient (Wildman–Crippen LogP) is 3.03. The Bertz CT molecular complexity index is 683. The lowest BCUT2D eigenvalue weighted by atomic mass is 9.91. The molecule has 0 spiro atoms. The van der Waals surface area contributed by atoms with Crippen molar-refractivity contribution < 1.29 is 14.6 Å². The first-order valence-electron chi connectivity index (χ1n) is 6.90. The van der Waals surface area contributed by atoms with Gasteiger partial charge in [-0.15, -0.1) is 0 Å². The predicted molar refractivity (Wildman–Crippen MR) is 80.7 cm³/mol. The van der Waals surface area contributed by atoms with Crippen molar-refractivity contribution in [1.82, 2.24) is 0 Å². The summed E-state index contributed by atoms with van der Waals surface area (Å²) in [6.07, 6.45) is 1.28. The fourth-order valence-electron chi connectivity index (χ4n) is 2.99. The molecular weight excluding hydrogens is 266 g/mol. The molecule has 0 fully saturated rings. The zero-order valence-corrected chi connectivity index (χ0v) is 11.8. The smallest absolute Gasteiger partial charge is 0.334 e. The second kappa shape index (κ2) is 5.13. The minimum absolute atomic E-state index is 0.528. The van der Waals surface area contributed by atoms with Gasteiger partial charge in [0.2, 0.25) is 0 Å². The molecule has 2 aromatic carbocycles. The molecule has 0 saturated heterocycles. The van der Waals surface area contributed by atoms with Crippen LogP contribution in [0.3, 0.4) is 0 Å². The Morgan fingerprint density at radius 3 is 2.67 bits per heavy atom. The van der Waals surface area contributed by atoms with Crippen molar-refractivity contribution in [1.29, 1.82) is 0 Å². The Kier molecular flexibility index (Phi) is 3.29. The van der Waals surface area contributed by atoms with Gasteiger partial charge in [0, 0.05) is 0 Å². The van der Waals surface area contributed by atoms with Crippen LogP contribution < -0.4 is 10.1 Å². The number of hydrogen-bond acceptors (Lipinski definition) is 3. The van der Waals surface area contributed by atoms with E-state index in [4.69, 9.17) is 4.74 Å². The second-order valence-corrected chi connectivity index (χ2v) is 5.19. The number of carboxylic acids is 1. The van der Waals surface area contributed by atoms with Crippen molar-refractivity contribution >= 4 is 11.7 Å². The summed E-state index contributed by atoms with van der Waals surface area (Å²) in [4.78, 5) is 12.0. The van der Waals surface area contributed by atoms with Gasteiger partial charge in [0.15, 0.2) is 5.54 Å². The molecule has 4 nitrogen and oxygen atoms in total. The molecule has 108 valence electrons. The van der Waals surface area contributed by atoms with Crippen molar-refractivity contribution in [3.8, 4) is 5.75 Å². The summed E-state index contributed by atoms with van der Waals surface area (Å²) in [6, 6.07) is 15.1. The van der Waals surface area contributed by atoms with Gasteiger partial charge in [-0.05, 0) is 36.1 Å². The number of ether oxygens (including phenoxy) is 1. The van der Waals surface area contributed by atoms with Crippen LogP contribution in [-0.4, -0.2) is 18.2 Å². The number of para-hydroxylation sites is 2. The lowest BCUT2D eigenvalue weighted by Gasteiger charge is -2.29. The fraction of sp³-hybridized carbons (Fsp3) is 0.235. The van der Waals surface area contributed by atoms with Crippen LogP contribution in [0.4, 0.5) is 5.69 Å². The molecule has 21 heavy (non-hydrogen) atoms. The molecule has 0 saturated carbocycles. The number of anilines is 1. The normalized spacial score (nSPS) is 19.9. The van der Waals surface area contributed by atoms with E-state index in [1.54, 1.807) is 7.11 Å². The van der Waals surface area contributed by atoms with E-state index < -0.39 is 11.5 Å². The number of nitrogens with one attached hydrogen (secondary N) is 1. The number of methoxy groups -OCH3 is 1. The standard InChI is InChI=1S/C17H17NO3/c1-21-15-9-5-4-8-14(15)18-17(16(19)20)11-10-12-6-2-3-7-13(12)17/h2-9,18H,10-11H2,1H3,(H,19,20). The molecule has 0 heterocycles. The summed E-state index contributed by atoms with van der Waals surface area (Å²) in [5, 5.41) is 13.0. The minimum atomic E-state index is -1.09. The molecule has 0 bridgehead atoms. The third-order valence-corrected chi connectivity index (χ3v) is 4.07. The van der Waals surface area contributed by atoms with Crippen LogP contribution in [0, 0.1) is 0 Å². The Hall–Kier alpha value is -2.49. The van der Waals surface area contributed by atoms with Gasteiger partial charge >= 0.3 is 5.97 Å². The van der Waals surface area contributed by atoms with Gasteiger partial charge in [-0.1, -0.05) is 36.4 Å². The van der Waals surface area contributed by atoms with Gasteiger partial charge in [0.1, 0.15) is 5.75 Å². The Labute approximate surface area is 123 Å². The van der Waals surface area contributed by atoms with E-state index in [0.717, 1.165) is 17.5 Å². The molecule has 3 rings (SSSR count). The van der Waals surface area contributed by atoms with Crippen molar-refractivity contribution in [2.75, 3.05) is 12.4 Å². The Morgan fingerprint density at radius 2 is 1.90 bits per heavy atom. The average Bonchev–Trinajstić information content (AvgIpc) is 2.88. The quantitative estimate of drug-likeness (QED) is 0.905. The van der Waals surface area contributed by atoms with Gasteiger partial charge in [0.05, 0.1) is 12.8 Å². The fourth-order valence-corrected chi connectivity index (χ4v) is 2.99.